The lowest BCUT2D eigenvalue weighted by atomic mass is 9.93. The van der Waals surface area contributed by atoms with Gasteiger partial charge in [-0.2, -0.15) is 10.1 Å². The fourth-order valence-corrected chi connectivity index (χ4v) is 4.43. The zero-order chi connectivity index (χ0) is 21.4. The molecule has 162 valence electrons. The van der Waals surface area contributed by atoms with Crippen molar-refractivity contribution in [2.45, 2.75) is 39.2 Å². The SMILES string of the molecule is Cc1cc(N2CCC(Cc3nc4n(n3)CCCN4c3ccc(F)c(F)c3)CC2)ncn1. The number of piperidine rings is 1. The van der Waals surface area contributed by atoms with Crippen LogP contribution in [0.1, 0.15) is 30.8 Å². The molecule has 1 aromatic carbocycles. The summed E-state index contributed by atoms with van der Waals surface area (Å²) in [6.07, 6.45) is 5.43. The minimum Gasteiger partial charge on any atom is -0.356 e. The van der Waals surface area contributed by atoms with E-state index in [9.17, 15) is 8.78 Å². The van der Waals surface area contributed by atoms with E-state index >= 15 is 0 Å². The molecule has 9 heteroatoms. The van der Waals surface area contributed by atoms with Crippen LogP contribution in [0.3, 0.4) is 0 Å². The molecule has 7 nitrogen and oxygen atoms in total. The molecule has 0 bridgehead atoms. The predicted molar refractivity (Wildman–Crippen MR) is 113 cm³/mol. The maximum atomic E-state index is 13.7. The van der Waals surface area contributed by atoms with Crippen LogP contribution in [-0.4, -0.2) is 44.4 Å². The van der Waals surface area contributed by atoms with Crippen molar-refractivity contribution in [1.82, 2.24) is 24.7 Å². The first-order valence-corrected chi connectivity index (χ1v) is 10.8. The van der Waals surface area contributed by atoms with Crippen molar-refractivity contribution < 1.29 is 8.78 Å². The van der Waals surface area contributed by atoms with Gasteiger partial charge < -0.3 is 9.80 Å². The molecule has 0 saturated carbocycles. The van der Waals surface area contributed by atoms with E-state index in [1.54, 1.807) is 12.4 Å². The van der Waals surface area contributed by atoms with Crippen LogP contribution in [0.5, 0.6) is 0 Å². The first-order valence-electron chi connectivity index (χ1n) is 10.8. The van der Waals surface area contributed by atoms with Gasteiger partial charge in [0.05, 0.1) is 0 Å². The van der Waals surface area contributed by atoms with Gasteiger partial charge in [0, 0.05) is 56.1 Å². The second-order valence-electron chi connectivity index (χ2n) is 8.31. The van der Waals surface area contributed by atoms with Crippen LogP contribution in [0.4, 0.5) is 26.2 Å². The average molecular weight is 425 g/mol. The summed E-state index contributed by atoms with van der Waals surface area (Å²) in [5, 5.41) is 4.71. The molecule has 4 heterocycles. The lowest BCUT2D eigenvalue weighted by Gasteiger charge is -2.32. The summed E-state index contributed by atoms with van der Waals surface area (Å²) in [5.74, 6) is 1.34. The summed E-state index contributed by atoms with van der Waals surface area (Å²) in [4.78, 5) is 17.6. The van der Waals surface area contributed by atoms with Crippen LogP contribution in [0.25, 0.3) is 0 Å². The monoisotopic (exact) mass is 425 g/mol. The topological polar surface area (TPSA) is 63.0 Å². The number of nitrogens with zero attached hydrogens (tertiary/aromatic N) is 7. The first kappa shape index (κ1) is 19.8. The summed E-state index contributed by atoms with van der Waals surface area (Å²) in [6, 6.07) is 6.00. The Morgan fingerprint density at radius 1 is 1.00 bits per heavy atom. The number of benzene rings is 1. The van der Waals surface area contributed by atoms with Gasteiger partial charge >= 0.3 is 0 Å². The molecule has 3 aromatic rings. The first-order chi connectivity index (χ1) is 15.1. The third-order valence-corrected chi connectivity index (χ3v) is 6.10. The number of rotatable bonds is 4. The molecular formula is C22H25F2N7. The molecule has 0 amide bonds. The van der Waals surface area contributed by atoms with E-state index < -0.39 is 11.6 Å². The molecule has 2 aliphatic rings. The summed E-state index contributed by atoms with van der Waals surface area (Å²) >= 11 is 0. The van der Waals surface area contributed by atoms with Gasteiger partial charge in [-0.25, -0.2) is 23.4 Å². The molecule has 1 saturated heterocycles. The van der Waals surface area contributed by atoms with Gasteiger partial charge in [0.25, 0.3) is 0 Å². The molecule has 0 radical (unpaired) electrons. The molecule has 5 rings (SSSR count). The standard InChI is InChI=1S/C22H25F2N7/c1-15-11-21(26-14-25-15)29-9-5-16(6-10-29)12-20-27-22-30(7-2-8-31(22)28-20)17-3-4-18(23)19(24)13-17/h3-4,11,13-14,16H,2,5-10,12H2,1H3. The normalized spacial score (nSPS) is 17.1. The second-order valence-corrected chi connectivity index (χ2v) is 8.31. The Labute approximate surface area is 179 Å². The van der Waals surface area contributed by atoms with E-state index in [-0.39, 0.29) is 0 Å². The molecule has 0 unspecified atom stereocenters. The summed E-state index contributed by atoms with van der Waals surface area (Å²) in [5.41, 5.74) is 1.58. The smallest absolute Gasteiger partial charge is 0.228 e. The van der Waals surface area contributed by atoms with E-state index in [1.807, 2.05) is 22.6 Å². The van der Waals surface area contributed by atoms with E-state index in [0.717, 1.165) is 68.7 Å². The molecule has 0 N–H and O–H groups in total. The number of halogens is 2. The van der Waals surface area contributed by atoms with Gasteiger partial charge in [0.1, 0.15) is 12.1 Å². The minimum absolute atomic E-state index is 0.514. The minimum atomic E-state index is -0.847. The molecular weight excluding hydrogens is 400 g/mol. The Bertz CT molecular complexity index is 1080. The maximum Gasteiger partial charge on any atom is 0.228 e. The van der Waals surface area contributed by atoms with Gasteiger partial charge in [-0.1, -0.05) is 0 Å². The van der Waals surface area contributed by atoms with Crippen molar-refractivity contribution in [2.24, 2.45) is 5.92 Å². The van der Waals surface area contributed by atoms with E-state index in [2.05, 4.69) is 14.9 Å². The highest BCUT2D eigenvalue weighted by Crippen LogP contribution is 2.30. The van der Waals surface area contributed by atoms with Crippen LogP contribution in [-0.2, 0) is 13.0 Å². The maximum absolute atomic E-state index is 13.7. The van der Waals surface area contributed by atoms with E-state index in [1.165, 1.54) is 6.07 Å². The van der Waals surface area contributed by atoms with Gasteiger partial charge in [-0.3, -0.25) is 0 Å². The Hall–Kier alpha value is -3.10. The third-order valence-electron chi connectivity index (χ3n) is 6.10. The Morgan fingerprint density at radius 3 is 2.61 bits per heavy atom. The Balaban J connectivity index is 1.27. The Kier molecular flexibility index (Phi) is 5.25. The summed E-state index contributed by atoms with van der Waals surface area (Å²) < 4.78 is 29.0. The number of hydrogen-bond donors (Lipinski definition) is 0. The highest BCUT2D eigenvalue weighted by atomic mass is 19.2. The molecule has 2 aliphatic heterocycles. The largest absolute Gasteiger partial charge is 0.356 e. The zero-order valence-corrected chi connectivity index (χ0v) is 17.5. The molecule has 0 spiro atoms. The lowest BCUT2D eigenvalue weighted by Crippen LogP contribution is -2.35. The van der Waals surface area contributed by atoms with Crippen molar-refractivity contribution in [3.05, 3.63) is 53.7 Å². The van der Waals surface area contributed by atoms with Crippen LogP contribution in [0, 0.1) is 24.5 Å². The fourth-order valence-electron chi connectivity index (χ4n) is 4.43. The van der Waals surface area contributed by atoms with Crippen LogP contribution in [0.15, 0.2) is 30.6 Å². The molecule has 0 atom stereocenters. The van der Waals surface area contributed by atoms with E-state index in [4.69, 9.17) is 10.1 Å². The van der Waals surface area contributed by atoms with Crippen molar-refractivity contribution in [1.29, 1.82) is 0 Å². The van der Waals surface area contributed by atoms with Crippen molar-refractivity contribution >= 4 is 17.5 Å². The van der Waals surface area contributed by atoms with Crippen LogP contribution in [0.2, 0.25) is 0 Å². The molecule has 1 fully saturated rings. The third kappa shape index (κ3) is 4.08. The van der Waals surface area contributed by atoms with Crippen molar-refractivity contribution in [2.75, 3.05) is 29.4 Å². The molecule has 0 aliphatic carbocycles. The highest BCUT2D eigenvalue weighted by molar-refractivity contribution is 5.58. The number of anilines is 3. The van der Waals surface area contributed by atoms with E-state index in [0.29, 0.717) is 24.1 Å². The van der Waals surface area contributed by atoms with Gasteiger partial charge in [-0.05, 0) is 44.2 Å². The fraction of sp³-hybridized carbons (Fsp3) is 0.455. The Morgan fingerprint density at radius 2 is 1.84 bits per heavy atom. The number of hydrogen-bond acceptors (Lipinski definition) is 6. The molecule has 31 heavy (non-hydrogen) atoms. The van der Waals surface area contributed by atoms with Gasteiger partial charge in [-0.15, -0.1) is 0 Å². The predicted octanol–water partition coefficient (Wildman–Crippen LogP) is 3.66. The van der Waals surface area contributed by atoms with Crippen LogP contribution < -0.4 is 9.80 Å². The van der Waals surface area contributed by atoms with Crippen LogP contribution >= 0.6 is 0 Å². The number of aromatic nitrogens is 5. The zero-order valence-electron chi connectivity index (χ0n) is 17.5. The molecule has 2 aromatic heterocycles. The average Bonchev–Trinajstić information content (AvgIpc) is 3.19. The summed E-state index contributed by atoms with van der Waals surface area (Å²) in [7, 11) is 0. The highest BCUT2D eigenvalue weighted by Gasteiger charge is 2.26. The van der Waals surface area contributed by atoms with Crippen molar-refractivity contribution in [3.8, 4) is 0 Å². The van der Waals surface area contributed by atoms with Gasteiger partial charge in [0.2, 0.25) is 5.95 Å². The summed E-state index contributed by atoms with van der Waals surface area (Å²) in [6.45, 7) is 5.38. The van der Waals surface area contributed by atoms with Gasteiger partial charge in [0.15, 0.2) is 17.5 Å². The number of aryl methyl sites for hydroxylation is 2. The van der Waals surface area contributed by atoms with Crippen molar-refractivity contribution in [3.63, 3.8) is 0 Å². The second kappa shape index (κ2) is 8.20. The lowest BCUT2D eigenvalue weighted by molar-refractivity contribution is 0.394. The number of fused-ring (bicyclic) bond motifs is 1. The quantitative estimate of drug-likeness (QED) is 0.636.